The Balaban J connectivity index is 1.76. The molecule has 0 unspecified atom stereocenters. The lowest BCUT2D eigenvalue weighted by Crippen LogP contribution is -2.23. The van der Waals surface area contributed by atoms with E-state index in [-0.39, 0.29) is 24.0 Å². The van der Waals surface area contributed by atoms with Gasteiger partial charge in [0.2, 0.25) is 5.91 Å². The summed E-state index contributed by atoms with van der Waals surface area (Å²) in [6.45, 7) is 5.01. The molecule has 5 atom stereocenters. The Morgan fingerprint density at radius 3 is 2.79 bits per heavy atom. The van der Waals surface area contributed by atoms with Gasteiger partial charge in [0.15, 0.2) is 0 Å². The molecule has 0 aliphatic heterocycles. The molecule has 0 aromatic heterocycles. The molecule has 4 nitrogen and oxygen atoms in total. The zero-order chi connectivity index (χ0) is 20.4. The van der Waals surface area contributed by atoms with Crippen molar-refractivity contribution in [3.05, 3.63) is 23.8 Å². The third-order valence-electron chi connectivity index (χ3n) is 6.38. The number of hydrogen-bond acceptors (Lipinski definition) is 3. The van der Waals surface area contributed by atoms with Crippen molar-refractivity contribution in [1.82, 2.24) is 5.32 Å². The molecule has 0 saturated heterocycles. The Labute approximate surface area is 171 Å². The van der Waals surface area contributed by atoms with E-state index >= 15 is 0 Å². The number of nitrogens with one attached hydrogen (secondary N) is 1. The van der Waals surface area contributed by atoms with Gasteiger partial charge in [0.1, 0.15) is 0 Å². The van der Waals surface area contributed by atoms with Gasteiger partial charge in [-0.25, -0.2) is 0 Å². The normalized spacial score (nSPS) is 29.5. The summed E-state index contributed by atoms with van der Waals surface area (Å²) in [6.07, 6.45) is 16.4. The first-order chi connectivity index (χ1) is 13.5. The first-order valence-corrected chi connectivity index (χ1v) is 11.5. The first-order valence-electron chi connectivity index (χ1n) is 11.5. The summed E-state index contributed by atoms with van der Waals surface area (Å²) in [5, 5.41) is 23.5. The standard InChI is InChI=1S/C24H41NO3/c1-3-5-6-10-20(26)12-13-21-22-16-18(15-19(22)17-23(21)27)9-7-8-11-24(28)25-14-4-2/h9,12-13,19-23,26-27H,3-8,10-11,14-17H2,1-2H3,(H,25,28)/t19-,20-,21+,22-,23+/m0/s1. The van der Waals surface area contributed by atoms with Gasteiger partial charge in [-0.3, -0.25) is 4.79 Å². The van der Waals surface area contributed by atoms with Gasteiger partial charge in [-0.05, 0) is 56.8 Å². The number of unbranched alkanes of at least 4 members (excludes halogenated alkanes) is 3. The van der Waals surface area contributed by atoms with Crippen LogP contribution in [0.15, 0.2) is 23.8 Å². The highest BCUT2D eigenvalue weighted by molar-refractivity contribution is 5.75. The quantitative estimate of drug-likeness (QED) is 0.338. The summed E-state index contributed by atoms with van der Waals surface area (Å²) in [7, 11) is 0. The van der Waals surface area contributed by atoms with Gasteiger partial charge in [0.05, 0.1) is 12.2 Å². The van der Waals surface area contributed by atoms with Crippen LogP contribution < -0.4 is 5.32 Å². The highest BCUT2D eigenvalue weighted by Gasteiger charge is 2.44. The number of rotatable bonds is 12. The molecule has 0 radical (unpaired) electrons. The van der Waals surface area contributed by atoms with Gasteiger partial charge < -0.3 is 15.5 Å². The topological polar surface area (TPSA) is 69.6 Å². The molecule has 2 saturated carbocycles. The lowest BCUT2D eigenvalue weighted by Gasteiger charge is -2.17. The fourth-order valence-electron chi connectivity index (χ4n) is 4.82. The molecule has 2 aliphatic rings. The van der Waals surface area contributed by atoms with Crippen LogP contribution in [0.3, 0.4) is 0 Å². The van der Waals surface area contributed by atoms with Crippen LogP contribution in [0.5, 0.6) is 0 Å². The van der Waals surface area contributed by atoms with Crippen LogP contribution in [0.25, 0.3) is 0 Å². The first kappa shape index (κ1) is 23.2. The molecule has 1 amide bonds. The average molecular weight is 392 g/mol. The van der Waals surface area contributed by atoms with Crippen LogP contribution in [-0.2, 0) is 4.79 Å². The maximum absolute atomic E-state index is 11.7. The van der Waals surface area contributed by atoms with Gasteiger partial charge in [0, 0.05) is 18.9 Å². The minimum atomic E-state index is -0.381. The van der Waals surface area contributed by atoms with E-state index in [0.29, 0.717) is 18.3 Å². The van der Waals surface area contributed by atoms with Gasteiger partial charge in [0.25, 0.3) is 0 Å². The van der Waals surface area contributed by atoms with E-state index in [4.69, 9.17) is 0 Å². The smallest absolute Gasteiger partial charge is 0.220 e. The maximum atomic E-state index is 11.7. The Morgan fingerprint density at radius 1 is 1.21 bits per heavy atom. The van der Waals surface area contributed by atoms with E-state index in [1.165, 1.54) is 12.0 Å². The Morgan fingerprint density at radius 2 is 2.04 bits per heavy atom. The van der Waals surface area contributed by atoms with Crippen molar-refractivity contribution < 1.29 is 15.0 Å². The number of aliphatic hydroxyl groups excluding tert-OH is 2. The molecule has 0 spiro atoms. The Hall–Kier alpha value is -1.13. The van der Waals surface area contributed by atoms with E-state index < -0.39 is 0 Å². The second-order valence-corrected chi connectivity index (χ2v) is 8.77. The largest absolute Gasteiger partial charge is 0.392 e. The molecule has 28 heavy (non-hydrogen) atoms. The summed E-state index contributed by atoms with van der Waals surface area (Å²) in [5.41, 5.74) is 1.50. The highest BCUT2D eigenvalue weighted by atomic mass is 16.3. The van der Waals surface area contributed by atoms with Crippen LogP contribution in [0.2, 0.25) is 0 Å². The second kappa shape index (κ2) is 12.4. The third-order valence-corrected chi connectivity index (χ3v) is 6.38. The van der Waals surface area contributed by atoms with Crippen LogP contribution in [0.4, 0.5) is 0 Å². The molecule has 0 aromatic carbocycles. The molecule has 3 N–H and O–H groups in total. The summed E-state index contributed by atoms with van der Waals surface area (Å²) in [4.78, 5) is 11.7. The Bertz CT molecular complexity index is 528. The summed E-state index contributed by atoms with van der Waals surface area (Å²) >= 11 is 0. The molecule has 4 heteroatoms. The molecule has 2 aliphatic carbocycles. The number of amides is 1. The SMILES string of the molecule is CCCCC[C@H](O)C=C[C@@H]1[C@H]2CC(=CCCCC(=O)NCCC)C[C@H]2C[C@H]1O. The summed E-state index contributed by atoms with van der Waals surface area (Å²) < 4.78 is 0. The van der Waals surface area contributed by atoms with E-state index in [1.54, 1.807) is 0 Å². The third kappa shape index (κ3) is 7.36. The van der Waals surface area contributed by atoms with E-state index in [2.05, 4.69) is 31.3 Å². The molecule has 0 aromatic rings. The van der Waals surface area contributed by atoms with Gasteiger partial charge in [-0.1, -0.05) is 56.9 Å². The molecular weight excluding hydrogens is 350 g/mol. The molecule has 2 rings (SSSR count). The molecule has 0 bridgehead atoms. The number of aliphatic hydroxyl groups is 2. The predicted molar refractivity (Wildman–Crippen MR) is 115 cm³/mol. The van der Waals surface area contributed by atoms with Crippen molar-refractivity contribution in [1.29, 1.82) is 0 Å². The average Bonchev–Trinajstić information content (AvgIpc) is 3.18. The van der Waals surface area contributed by atoms with Crippen molar-refractivity contribution in [2.24, 2.45) is 17.8 Å². The predicted octanol–water partition coefficient (Wildman–Crippen LogP) is 4.51. The number of fused-ring (bicyclic) bond motifs is 1. The van der Waals surface area contributed by atoms with Crippen molar-refractivity contribution in [2.45, 2.75) is 96.7 Å². The number of hydrogen-bond donors (Lipinski definition) is 3. The van der Waals surface area contributed by atoms with E-state index in [0.717, 1.165) is 64.3 Å². The maximum Gasteiger partial charge on any atom is 0.220 e. The van der Waals surface area contributed by atoms with Crippen molar-refractivity contribution in [3.8, 4) is 0 Å². The number of allylic oxidation sites excluding steroid dienone is 2. The monoisotopic (exact) mass is 391 g/mol. The van der Waals surface area contributed by atoms with E-state index in [9.17, 15) is 15.0 Å². The summed E-state index contributed by atoms with van der Waals surface area (Å²) in [5.74, 6) is 1.42. The molecule has 160 valence electrons. The van der Waals surface area contributed by atoms with Crippen LogP contribution in [0.1, 0.15) is 84.5 Å². The van der Waals surface area contributed by atoms with Gasteiger partial charge in [-0.2, -0.15) is 0 Å². The second-order valence-electron chi connectivity index (χ2n) is 8.77. The van der Waals surface area contributed by atoms with Crippen molar-refractivity contribution >= 4 is 5.91 Å². The lowest BCUT2D eigenvalue weighted by atomic mass is 9.90. The number of carbonyl (C=O) groups excluding carboxylic acids is 1. The van der Waals surface area contributed by atoms with Crippen molar-refractivity contribution in [2.75, 3.05) is 6.54 Å². The van der Waals surface area contributed by atoms with Crippen molar-refractivity contribution in [3.63, 3.8) is 0 Å². The minimum Gasteiger partial charge on any atom is -0.392 e. The van der Waals surface area contributed by atoms with Crippen LogP contribution >= 0.6 is 0 Å². The van der Waals surface area contributed by atoms with Crippen LogP contribution in [-0.4, -0.2) is 34.9 Å². The zero-order valence-corrected chi connectivity index (χ0v) is 17.9. The van der Waals surface area contributed by atoms with Gasteiger partial charge in [-0.15, -0.1) is 0 Å². The Kier molecular flexibility index (Phi) is 10.3. The molecule has 2 fully saturated rings. The molecule has 0 heterocycles. The fourth-order valence-corrected chi connectivity index (χ4v) is 4.82. The van der Waals surface area contributed by atoms with Gasteiger partial charge >= 0.3 is 0 Å². The minimum absolute atomic E-state index is 0.161. The van der Waals surface area contributed by atoms with Crippen LogP contribution in [0, 0.1) is 17.8 Å². The molecular formula is C24H41NO3. The highest BCUT2D eigenvalue weighted by Crippen LogP contribution is 2.50. The fraction of sp³-hybridized carbons (Fsp3) is 0.792. The zero-order valence-electron chi connectivity index (χ0n) is 17.9. The lowest BCUT2D eigenvalue weighted by molar-refractivity contribution is -0.121. The number of carbonyl (C=O) groups is 1. The summed E-state index contributed by atoms with van der Waals surface area (Å²) in [6, 6.07) is 0. The van der Waals surface area contributed by atoms with E-state index in [1.807, 2.05) is 6.08 Å².